The van der Waals surface area contributed by atoms with Gasteiger partial charge in [-0.05, 0) is 44.2 Å². The van der Waals surface area contributed by atoms with Crippen LogP contribution in [0.5, 0.6) is 0 Å². The van der Waals surface area contributed by atoms with Crippen LogP contribution in [0.1, 0.15) is 92.1 Å². The molecule has 11 amide bonds. The molecule has 20 N–H and O–H groups in total. The van der Waals surface area contributed by atoms with Crippen LogP contribution in [0, 0.1) is 5.41 Å². The largest absolute Gasteiger partial charge is 0.481 e. The Morgan fingerprint density at radius 1 is 0.500 bits per heavy atom. The molecule has 1 rings (SSSR count). The van der Waals surface area contributed by atoms with Crippen LogP contribution in [-0.4, -0.2) is 218 Å². The lowest BCUT2D eigenvalue weighted by molar-refractivity contribution is -0.141. The summed E-state index contributed by atoms with van der Waals surface area (Å²) in [5.41, 5.74) is 11.5. The molecule has 1 aromatic rings. The van der Waals surface area contributed by atoms with Crippen molar-refractivity contribution in [2.45, 2.75) is 151 Å². The number of carbonyl (C=O) groups excluding carboxylic acids is 11. The highest BCUT2D eigenvalue weighted by Gasteiger charge is 2.36. The Morgan fingerprint density at radius 3 is 1.41 bits per heavy atom. The molecule has 90 heavy (non-hydrogen) atoms. The highest BCUT2D eigenvalue weighted by Crippen LogP contribution is 2.25. The normalized spacial score (nSPS) is 13.8. The van der Waals surface area contributed by atoms with Gasteiger partial charge in [-0.2, -0.15) is 36.2 Å². The highest BCUT2D eigenvalue weighted by atomic mass is 35.5. The van der Waals surface area contributed by atoms with Gasteiger partial charge < -0.3 is 90.6 Å². The first-order chi connectivity index (χ1) is 42.1. The summed E-state index contributed by atoms with van der Waals surface area (Å²) in [6.07, 6.45) is -1.54. The zero-order valence-corrected chi connectivity index (χ0v) is 54.2. The molecule has 0 aliphatic carbocycles. The summed E-state index contributed by atoms with van der Waals surface area (Å²) < 4.78 is -0.988. The van der Waals surface area contributed by atoms with Crippen molar-refractivity contribution in [2.75, 3.05) is 55.9 Å². The van der Waals surface area contributed by atoms with Gasteiger partial charge in [0.15, 0.2) is 5.96 Å². The lowest BCUT2D eigenvalue weighted by Gasteiger charge is -2.28. The number of benzene rings is 1. The molecule has 0 spiro atoms. The second-order valence-corrected chi connectivity index (χ2v) is 26.4. The molecule has 0 aliphatic rings. The SMILES string of the molecule is CC(C)(C)SC[C@H](NC(=O)[C@H](Cc1ccccc1)NC(=O)[C@H](CSC(C)(C)C)NC(=O)[C@H](CC(=O)O)NC(=O)CNC(=O)[C@H](CCCNC(=N)N)NC(=O)[C@H](CS)NC(=O)[C@H](CC(=O)O)NC(=O)[C@H](CCCCN)NC(=O)CCl)C(=O)NCC(=O)NCC(=O)O. The van der Waals surface area contributed by atoms with E-state index in [9.17, 15) is 77.3 Å². The van der Waals surface area contributed by atoms with Gasteiger partial charge in [-0.1, -0.05) is 71.9 Å². The van der Waals surface area contributed by atoms with Crippen molar-refractivity contribution >= 4 is 137 Å². The maximum absolute atomic E-state index is 14.4. The number of nitrogens with one attached hydrogen (secondary N) is 13. The number of hydrogen-bond donors (Lipinski definition) is 19. The van der Waals surface area contributed by atoms with Gasteiger partial charge in [0.2, 0.25) is 65.0 Å². The van der Waals surface area contributed by atoms with Crippen LogP contribution in [0.25, 0.3) is 0 Å². The summed E-state index contributed by atoms with van der Waals surface area (Å²) in [5.74, 6) is -16.8. The monoisotopic (exact) mass is 1350 g/mol. The molecular formula is C54H86ClN15O17S3. The maximum Gasteiger partial charge on any atom is 0.322 e. The van der Waals surface area contributed by atoms with E-state index in [-0.39, 0.29) is 50.3 Å². The van der Waals surface area contributed by atoms with Gasteiger partial charge >= 0.3 is 17.9 Å². The first kappa shape index (κ1) is 80.4. The molecular weight excluding hydrogens is 1260 g/mol. The van der Waals surface area contributed by atoms with Crippen molar-refractivity contribution in [3.8, 4) is 0 Å². The number of nitrogens with two attached hydrogens (primary N) is 2. The minimum atomic E-state index is -1.91. The number of carbonyl (C=O) groups is 14. The number of guanidine groups is 1. The summed E-state index contributed by atoms with van der Waals surface area (Å²) in [6, 6.07) is -4.02. The first-order valence-corrected chi connectivity index (χ1v) is 31.4. The van der Waals surface area contributed by atoms with Crippen molar-refractivity contribution in [1.82, 2.24) is 63.8 Å². The average Bonchev–Trinajstić information content (AvgIpc) is 2.37. The van der Waals surface area contributed by atoms with E-state index in [0.29, 0.717) is 18.4 Å². The Hall–Kier alpha value is -7.63. The number of rotatable bonds is 42. The Balaban J connectivity index is 3.50. The first-order valence-electron chi connectivity index (χ1n) is 28.2. The Morgan fingerprint density at radius 2 is 0.911 bits per heavy atom. The number of thiol groups is 1. The summed E-state index contributed by atoms with van der Waals surface area (Å²) in [4.78, 5) is 184. The average molecular weight is 1350 g/mol. The minimum absolute atomic E-state index is 0.00418. The maximum atomic E-state index is 14.4. The van der Waals surface area contributed by atoms with Gasteiger partial charge in [-0.15, -0.1) is 11.6 Å². The van der Waals surface area contributed by atoms with Gasteiger partial charge in [0, 0.05) is 39.7 Å². The van der Waals surface area contributed by atoms with Crippen LogP contribution in [-0.2, 0) is 73.5 Å². The van der Waals surface area contributed by atoms with Crippen LogP contribution in [0.15, 0.2) is 30.3 Å². The van der Waals surface area contributed by atoms with Crippen molar-refractivity contribution in [1.29, 1.82) is 5.41 Å². The summed E-state index contributed by atoms with van der Waals surface area (Å²) in [6.45, 7) is 8.92. The molecule has 32 nitrogen and oxygen atoms in total. The predicted octanol–water partition coefficient (Wildman–Crippen LogP) is -3.89. The zero-order chi connectivity index (χ0) is 68.3. The third-order valence-electron chi connectivity index (χ3n) is 12.0. The second-order valence-electron chi connectivity index (χ2n) is 22.0. The van der Waals surface area contributed by atoms with E-state index in [4.69, 9.17) is 33.6 Å². The molecule has 0 aliphatic heterocycles. The van der Waals surface area contributed by atoms with E-state index < -0.39 is 191 Å². The number of alkyl halides is 1. The third kappa shape index (κ3) is 35.5. The third-order valence-corrected chi connectivity index (χ3v) is 15.4. The van der Waals surface area contributed by atoms with E-state index >= 15 is 0 Å². The highest BCUT2D eigenvalue weighted by molar-refractivity contribution is 8.00. The van der Waals surface area contributed by atoms with E-state index in [2.05, 4.69) is 76.4 Å². The number of amides is 11. The molecule has 0 radical (unpaired) electrons. The zero-order valence-electron chi connectivity index (χ0n) is 50.9. The van der Waals surface area contributed by atoms with Gasteiger partial charge in [0.1, 0.15) is 60.8 Å². The molecule has 0 bridgehead atoms. The number of carboxylic acid groups (broad SMARTS) is 3. The number of unbranched alkanes of at least 4 members (excludes halogenated alkanes) is 1. The predicted molar refractivity (Wildman–Crippen MR) is 338 cm³/mol. The van der Waals surface area contributed by atoms with E-state index in [1.54, 1.807) is 51.1 Å². The van der Waals surface area contributed by atoms with Gasteiger partial charge in [-0.3, -0.25) is 72.5 Å². The summed E-state index contributed by atoms with van der Waals surface area (Å²) in [5, 5.41) is 64.5. The standard InChI is InChI=1S/C54H86ClN15O17S3/c1-53(2,3)89-27-36(45(81)61-23-39(72)60-25-43(78)79)69-47(83)32(19-29-13-8-7-9-14-29)66-51(87)37(28-90-54(4,5)6)70-48(84)33(20-41(74)75)64-40(73)24-62-44(80)30(16-12-18-59-52(57)58)65-50(86)35(26-88)68-49(85)34(21-42(76)77)67-46(82)31(15-10-11-17-56)63-38(71)22-55/h7-9,13-14,30-37,88H,10-12,15-28,56H2,1-6H3,(H,60,72)(H,61,81)(H,62,80)(H,63,71)(H,64,73)(H,65,86)(H,66,87)(H,67,82)(H,68,85)(H,69,83)(H,70,84)(H,74,75)(H,76,77)(H,78,79)(H4,57,58,59)/t30-,31-,32-,33-,34-,35-,36-,37-/m0/s1. The van der Waals surface area contributed by atoms with E-state index in [1.807, 2.05) is 20.8 Å². The van der Waals surface area contributed by atoms with Crippen LogP contribution in [0.4, 0.5) is 0 Å². The fraction of sp³-hybridized carbons (Fsp3) is 0.611. The van der Waals surface area contributed by atoms with Crippen LogP contribution >= 0.6 is 47.8 Å². The van der Waals surface area contributed by atoms with E-state index in [1.165, 1.54) is 23.5 Å². The van der Waals surface area contributed by atoms with Crippen LogP contribution in [0.3, 0.4) is 0 Å². The molecule has 0 heterocycles. The Bertz CT molecular complexity index is 2650. The number of halogens is 1. The second kappa shape index (κ2) is 41.6. The molecule has 0 fully saturated rings. The van der Waals surface area contributed by atoms with Crippen molar-refractivity contribution in [3.05, 3.63) is 35.9 Å². The molecule has 504 valence electrons. The van der Waals surface area contributed by atoms with Gasteiger partial charge in [0.05, 0.1) is 25.9 Å². The van der Waals surface area contributed by atoms with Gasteiger partial charge in [0.25, 0.3) is 0 Å². The van der Waals surface area contributed by atoms with Crippen molar-refractivity contribution in [3.63, 3.8) is 0 Å². The van der Waals surface area contributed by atoms with E-state index in [0.717, 1.165) is 0 Å². The van der Waals surface area contributed by atoms with Crippen molar-refractivity contribution < 1.29 is 82.4 Å². The van der Waals surface area contributed by atoms with Crippen LogP contribution < -0.4 is 75.3 Å². The molecule has 0 saturated carbocycles. The topological polar surface area (TPSA) is 520 Å². The van der Waals surface area contributed by atoms with Crippen molar-refractivity contribution in [2.24, 2.45) is 11.5 Å². The fourth-order valence-electron chi connectivity index (χ4n) is 7.54. The smallest absolute Gasteiger partial charge is 0.322 e. The molecule has 36 heteroatoms. The lowest BCUT2D eigenvalue weighted by Crippen LogP contribution is -2.60. The number of carboxylic acids is 3. The Kier molecular flexibility index (Phi) is 37.2. The lowest BCUT2D eigenvalue weighted by atomic mass is 10.0. The molecule has 0 unspecified atom stereocenters. The molecule has 1 aromatic carbocycles. The Labute approximate surface area is 539 Å². The number of hydrogen-bond acceptors (Lipinski definition) is 19. The number of aliphatic carboxylic acids is 3. The van der Waals surface area contributed by atoms with Crippen LogP contribution in [0.2, 0.25) is 0 Å². The number of thioether (sulfide) groups is 2. The van der Waals surface area contributed by atoms with Gasteiger partial charge in [-0.25, -0.2) is 0 Å². The fourth-order valence-corrected chi connectivity index (χ4v) is 9.68. The molecule has 8 atom stereocenters. The minimum Gasteiger partial charge on any atom is -0.481 e. The quantitative estimate of drug-likeness (QED) is 0.00978. The summed E-state index contributed by atoms with van der Waals surface area (Å²) in [7, 11) is 0. The summed E-state index contributed by atoms with van der Waals surface area (Å²) >= 11 is 12.2. The molecule has 0 saturated heterocycles. The molecule has 0 aromatic heterocycles.